The molecule has 112 valence electrons. The molecule has 0 spiro atoms. The molecule has 0 N–H and O–H groups in total. The fourth-order valence-corrected chi connectivity index (χ4v) is 3.71. The first-order valence-corrected chi connectivity index (χ1v) is 8.56. The normalized spacial score (nSPS) is 19.8. The Bertz CT molecular complexity index is 613. The number of piperidine rings is 1. The van der Waals surface area contributed by atoms with Crippen LogP contribution in [0.5, 0.6) is 5.75 Å². The van der Waals surface area contributed by atoms with Crippen LogP contribution in [-0.2, 0) is 0 Å². The zero-order valence-electron chi connectivity index (χ0n) is 12.5. The molecule has 0 unspecified atom stereocenters. The molecule has 3 heteroatoms. The molecular weight excluding hydrogens is 326 g/mol. The molecule has 1 atom stereocenters. The summed E-state index contributed by atoms with van der Waals surface area (Å²) in [4.78, 5) is 2.52. The lowest BCUT2D eigenvalue weighted by molar-refractivity contribution is 0.153. The van der Waals surface area contributed by atoms with Crippen molar-refractivity contribution in [1.82, 2.24) is 4.90 Å². The number of ether oxygens (including phenoxy) is 1. The van der Waals surface area contributed by atoms with Gasteiger partial charge in [0, 0.05) is 13.1 Å². The Kier molecular flexibility index (Phi) is 4.81. The molecule has 0 aliphatic carbocycles. The second-order valence-electron chi connectivity index (χ2n) is 6.00. The van der Waals surface area contributed by atoms with Gasteiger partial charge >= 0.3 is 0 Å². The molecule has 0 aromatic heterocycles. The Morgan fingerprint density at radius 1 is 1.24 bits per heavy atom. The Hall–Kier alpha value is -1.06. The number of halogens is 1. The van der Waals surface area contributed by atoms with Crippen molar-refractivity contribution in [2.24, 2.45) is 5.92 Å². The predicted octanol–water partition coefficient (Wildman–Crippen LogP) is 4.71. The molecule has 0 amide bonds. The van der Waals surface area contributed by atoms with Crippen molar-refractivity contribution in [3.05, 3.63) is 40.9 Å². The number of rotatable bonds is 4. The number of benzene rings is 2. The quantitative estimate of drug-likeness (QED) is 0.793. The number of hydrogen-bond donors (Lipinski definition) is 0. The highest BCUT2D eigenvalue weighted by molar-refractivity contribution is 9.10. The molecule has 3 rings (SSSR count). The summed E-state index contributed by atoms with van der Waals surface area (Å²) in [7, 11) is 0. The minimum absolute atomic E-state index is 0.754. The number of fused-ring (bicyclic) bond motifs is 1. The lowest BCUT2D eigenvalue weighted by atomic mass is 10.0. The summed E-state index contributed by atoms with van der Waals surface area (Å²) < 4.78 is 7.06. The number of hydrogen-bond acceptors (Lipinski definition) is 2. The largest absolute Gasteiger partial charge is 0.491 e. The first-order valence-electron chi connectivity index (χ1n) is 7.76. The Labute approximate surface area is 135 Å². The van der Waals surface area contributed by atoms with Gasteiger partial charge in [-0.25, -0.2) is 0 Å². The fraction of sp³-hybridized carbons (Fsp3) is 0.444. The van der Waals surface area contributed by atoms with Crippen molar-refractivity contribution >= 4 is 26.7 Å². The minimum atomic E-state index is 0.754. The van der Waals surface area contributed by atoms with Gasteiger partial charge in [-0.15, -0.1) is 0 Å². The monoisotopic (exact) mass is 347 g/mol. The second-order valence-corrected chi connectivity index (χ2v) is 6.79. The van der Waals surface area contributed by atoms with E-state index in [4.69, 9.17) is 4.74 Å². The van der Waals surface area contributed by atoms with Crippen LogP contribution in [0.2, 0.25) is 0 Å². The van der Waals surface area contributed by atoms with Crippen molar-refractivity contribution < 1.29 is 4.74 Å². The summed E-state index contributed by atoms with van der Waals surface area (Å²) in [6.07, 6.45) is 2.69. The van der Waals surface area contributed by atoms with Gasteiger partial charge in [-0.05, 0) is 58.1 Å². The summed E-state index contributed by atoms with van der Waals surface area (Å²) in [6.45, 7) is 6.54. The molecule has 2 aromatic carbocycles. The zero-order chi connectivity index (χ0) is 14.7. The number of likely N-dealkylation sites (tertiary alicyclic amines) is 1. The topological polar surface area (TPSA) is 12.5 Å². The van der Waals surface area contributed by atoms with Crippen molar-refractivity contribution in [1.29, 1.82) is 0 Å². The molecule has 2 nitrogen and oxygen atoms in total. The van der Waals surface area contributed by atoms with E-state index in [2.05, 4.69) is 64.2 Å². The van der Waals surface area contributed by atoms with Crippen molar-refractivity contribution in [3.8, 4) is 5.75 Å². The van der Waals surface area contributed by atoms with E-state index in [9.17, 15) is 0 Å². The lowest BCUT2D eigenvalue weighted by Gasteiger charge is -2.30. The molecule has 1 heterocycles. The van der Waals surface area contributed by atoms with Crippen LogP contribution in [0.3, 0.4) is 0 Å². The van der Waals surface area contributed by atoms with Gasteiger partial charge in [0.15, 0.2) is 0 Å². The van der Waals surface area contributed by atoms with E-state index in [1.807, 2.05) is 0 Å². The lowest BCUT2D eigenvalue weighted by Crippen LogP contribution is -2.37. The van der Waals surface area contributed by atoms with Crippen molar-refractivity contribution in [2.45, 2.75) is 19.8 Å². The molecule has 1 fully saturated rings. The van der Waals surface area contributed by atoms with E-state index in [1.165, 1.54) is 36.7 Å². The summed E-state index contributed by atoms with van der Waals surface area (Å²) in [5, 5.41) is 2.45. The van der Waals surface area contributed by atoms with Gasteiger partial charge in [0.05, 0.1) is 4.47 Å². The summed E-state index contributed by atoms with van der Waals surface area (Å²) in [5.74, 6) is 1.77. The smallest absolute Gasteiger partial charge is 0.134 e. The average Bonchev–Trinajstić information content (AvgIpc) is 2.50. The second kappa shape index (κ2) is 6.80. The Balaban J connectivity index is 1.61. The number of nitrogens with zero attached hydrogens (tertiary/aromatic N) is 1. The van der Waals surface area contributed by atoms with Crippen LogP contribution in [0, 0.1) is 5.92 Å². The van der Waals surface area contributed by atoms with E-state index in [1.54, 1.807) is 0 Å². The van der Waals surface area contributed by atoms with Crippen molar-refractivity contribution in [2.75, 3.05) is 26.2 Å². The Morgan fingerprint density at radius 3 is 2.95 bits per heavy atom. The highest BCUT2D eigenvalue weighted by Gasteiger charge is 2.16. The van der Waals surface area contributed by atoms with Crippen molar-refractivity contribution in [3.63, 3.8) is 0 Å². The maximum absolute atomic E-state index is 5.99. The van der Waals surface area contributed by atoms with E-state index in [-0.39, 0.29) is 0 Å². The fourth-order valence-electron chi connectivity index (χ4n) is 3.10. The predicted molar refractivity (Wildman–Crippen MR) is 92.0 cm³/mol. The van der Waals surface area contributed by atoms with Gasteiger partial charge in [0.25, 0.3) is 0 Å². The first-order chi connectivity index (χ1) is 10.2. The molecule has 21 heavy (non-hydrogen) atoms. The van der Waals surface area contributed by atoms with Gasteiger partial charge in [0.1, 0.15) is 12.4 Å². The van der Waals surface area contributed by atoms with Crippen LogP contribution in [-0.4, -0.2) is 31.1 Å². The van der Waals surface area contributed by atoms with E-state index in [0.717, 1.165) is 29.3 Å². The molecular formula is C18H22BrNO. The minimum Gasteiger partial charge on any atom is -0.491 e. The van der Waals surface area contributed by atoms with Crippen LogP contribution in [0.15, 0.2) is 40.9 Å². The SMILES string of the molecule is C[C@H]1CCCN(CCOc2ccc3ccccc3c2Br)C1. The molecule has 0 saturated carbocycles. The summed E-state index contributed by atoms with van der Waals surface area (Å²) in [5.41, 5.74) is 0. The summed E-state index contributed by atoms with van der Waals surface area (Å²) >= 11 is 3.68. The molecule has 1 aliphatic rings. The molecule has 1 saturated heterocycles. The van der Waals surface area contributed by atoms with Gasteiger partial charge in [-0.3, -0.25) is 4.90 Å². The van der Waals surface area contributed by atoms with Crippen LogP contribution < -0.4 is 4.74 Å². The molecule has 0 bridgehead atoms. The van der Waals surface area contributed by atoms with Gasteiger partial charge in [-0.1, -0.05) is 37.3 Å². The molecule has 1 aliphatic heterocycles. The highest BCUT2D eigenvalue weighted by atomic mass is 79.9. The van der Waals surface area contributed by atoms with E-state index in [0.29, 0.717) is 0 Å². The van der Waals surface area contributed by atoms with E-state index >= 15 is 0 Å². The first kappa shape index (κ1) is 14.9. The molecule has 0 radical (unpaired) electrons. The Morgan fingerprint density at radius 2 is 2.10 bits per heavy atom. The maximum Gasteiger partial charge on any atom is 0.134 e. The van der Waals surface area contributed by atoms with Gasteiger partial charge < -0.3 is 4.74 Å². The molecule has 2 aromatic rings. The van der Waals surface area contributed by atoms with E-state index < -0.39 is 0 Å². The maximum atomic E-state index is 5.99. The van der Waals surface area contributed by atoms with Crippen LogP contribution >= 0.6 is 15.9 Å². The average molecular weight is 348 g/mol. The highest BCUT2D eigenvalue weighted by Crippen LogP contribution is 2.33. The van der Waals surface area contributed by atoms with Gasteiger partial charge in [-0.2, -0.15) is 0 Å². The van der Waals surface area contributed by atoms with Gasteiger partial charge in [0.2, 0.25) is 0 Å². The van der Waals surface area contributed by atoms with Crippen LogP contribution in [0.4, 0.5) is 0 Å². The third kappa shape index (κ3) is 3.58. The zero-order valence-corrected chi connectivity index (χ0v) is 14.1. The summed E-state index contributed by atoms with van der Waals surface area (Å²) in [6, 6.07) is 12.6. The third-order valence-corrected chi connectivity index (χ3v) is 5.05. The standard InChI is InChI=1S/C18H22BrNO/c1-14-5-4-10-20(13-14)11-12-21-17-9-8-15-6-2-3-7-16(15)18(17)19/h2-3,6-9,14H,4-5,10-13H2,1H3/t14-/m0/s1. The van der Waals surface area contributed by atoms with Crippen LogP contribution in [0.1, 0.15) is 19.8 Å². The van der Waals surface area contributed by atoms with Crippen LogP contribution in [0.25, 0.3) is 10.8 Å². The third-order valence-electron chi connectivity index (χ3n) is 4.23.